The van der Waals surface area contributed by atoms with Gasteiger partial charge < -0.3 is 14.7 Å². The molecule has 3 rings (SSSR count). The van der Waals surface area contributed by atoms with Crippen LogP contribution in [0.5, 0.6) is 0 Å². The van der Waals surface area contributed by atoms with Crippen LogP contribution in [0.4, 0.5) is 0 Å². The molecule has 1 saturated heterocycles. The van der Waals surface area contributed by atoms with Crippen LogP contribution in [-0.2, 0) is 17.6 Å². The first-order chi connectivity index (χ1) is 11.0. The number of hydrogen-bond donors (Lipinski definition) is 0. The number of amides is 2. The van der Waals surface area contributed by atoms with E-state index in [1.54, 1.807) is 0 Å². The van der Waals surface area contributed by atoms with Crippen LogP contribution in [0.25, 0.3) is 0 Å². The molecule has 1 heterocycles. The van der Waals surface area contributed by atoms with Crippen molar-refractivity contribution in [2.75, 3.05) is 46.8 Å². The number of carbonyl (C=O) groups is 2. The summed E-state index contributed by atoms with van der Waals surface area (Å²) >= 11 is 0. The van der Waals surface area contributed by atoms with Gasteiger partial charge in [0.15, 0.2) is 0 Å². The summed E-state index contributed by atoms with van der Waals surface area (Å²) in [5.74, 6) is 0.235. The number of aryl methyl sites for hydroxylation is 2. The number of carbonyl (C=O) groups excluding carboxylic acids is 2. The van der Waals surface area contributed by atoms with E-state index >= 15 is 0 Å². The zero-order valence-corrected chi connectivity index (χ0v) is 14.0. The van der Waals surface area contributed by atoms with E-state index in [4.69, 9.17) is 0 Å². The molecule has 23 heavy (non-hydrogen) atoms. The predicted molar refractivity (Wildman–Crippen MR) is 89.5 cm³/mol. The molecule has 0 radical (unpaired) electrons. The Morgan fingerprint density at radius 2 is 1.65 bits per heavy atom. The highest BCUT2D eigenvalue weighted by Gasteiger charge is 2.25. The summed E-state index contributed by atoms with van der Waals surface area (Å²) in [6.45, 7) is 2.93. The fraction of sp³-hybridized carbons (Fsp3) is 0.556. The number of nitrogens with zero attached hydrogens (tertiary/aromatic N) is 3. The van der Waals surface area contributed by atoms with Gasteiger partial charge in [-0.2, -0.15) is 0 Å². The zero-order valence-electron chi connectivity index (χ0n) is 14.0. The summed E-state index contributed by atoms with van der Waals surface area (Å²) in [4.78, 5) is 30.3. The minimum Gasteiger partial charge on any atom is -0.338 e. The summed E-state index contributed by atoms with van der Waals surface area (Å²) in [6, 6.07) is 6.12. The van der Waals surface area contributed by atoms with Crippen molar-refractivity contribution in [3.05, 3.63) is 34.9 Å². The lowest BCUT2D eigenvalue weighted by Crippen LogP contribution is -2.52. The van der Waals surface area contributed by atoms with Gasteiger partial charge in [-0.05, 0) is 56.6 Å². The van der Waals surface area contributed by atoms with Crippen LogP contribution < -0.4 is 0 Å². The van der Waals surface area contributed by atoms with Crippen LogP contribution in [0.2, 0.25) is 0 Å². The average Bonchev–Trinajstić information content (AvgIpc) is 3.01. The van der Waals surface area contributed by atoms with Crippen molar-refractivity contribution in [1.82, 2.24) is 14.7 Å². The highest BCUT2D eigenvalue weighted by atomic mass is 16.2. The second-order valence-electron chi connectivity index (χ2n) is 6.75. The molecule has 0 unspecified atom stereocenters. The quantitative estimate of drug-likeness (QED) is 0.836. The van der Waals surface area contributed by atoms with Crippen molar-refractivity contribution in [2.24, 2.45) is 0 Å². The number of rotatable bonds is 3. The van der Waals surface area contributed by atoms with Gasteiger partial charge in [0, 0.05) is 31.7 Å². The largest absolute Gasteiger partial charge is 0.338 e. The summed E-state index contributed by atoms with van der Waals surface area (Å²) in [7, 11) is 3.79. The monoisotopic (exact) mass is 315 g/mol. The summed E-state index contributed by atoms with van der Waals surface area (Å²) in [5, 5.41) is 0. The van der Waals surface area contributed by atoms with Gasteiger partial charge in [0.25, 0.3) is 5.91 Å². The number of fused-ring (bicyclic) bond motifs is 1. The van der Waals surface area contributed by atoms with E-state index in [-0.39, 0.29) is 11.8 Å². The zero-order chi connectivity index (χ0) is 16.4. The third kappa shape index (κ3) is 3.55. The highest BCUT2D eigenvalue weighted by molar-refractivity contribution is 5.94. The third-order valence-electron chi connectivity index (χ3n) is 4.72. The smallest absolute Gasteiger partial charge is 0.253 e. The fourth-order valence-corrected chi connectivity index (χ4v) is 3.42. The molecule has 1 aromatic carbocycles. The van der Waals surface area contributed by atoms with Gasteiger partial charge >= 0.3 is 0 Å². The average molecular weight is 315 g/mol. The molecule has 1 aliphatic carbocycles. The lowest BCUT2D eigenvalue weighted by molar-refractivity contribution is -0.133. The number of hydrogen-bond acceptors (Lipinski definition) is 3. The Hall–Kier alpha value is -1.88. The minimum absolute atomic E-state index is 0.0967. The molecule has 1 aliphatic heterocycles. The maximum absolute atomic E-state index is 12.7. The standard InChI is InChI=1S/C18H25N3O2/c1-19(2)13-17(22)20-8-10-21(11-9-20)18(23)16-7-6-14-4-3-5-15(14)12-16/h6-7,12H,3-5,8-11,13H2,1-2H3. The Morgan fingerprint density at radius 3 is 2.35 bits per heavy atom. The maximum atomic E-state index is 12.7. The Balaban J connectivity index is 1.59. The lowest BCUT2D eigenvalue weighted by atomic mass is 10.1. The van der Waals surface area contributed by atoms with Gasteiger partial charge in [0.1, 0.15) is 0 Å². The van der Waals surface area contributed by atoms with Crippen LogP contribution in [0.1, 0.15) is 27.9 Å². The fourth-order valence-electron chi connectivity index (χ4n) is 3.42. The van der Waals surface area contributed by atoms with Crippen LogP contribution in [0.3, 0.4) is 0 Å². The molecule has 0 aromatic heterocycles. The predicted octanol–water partition coefficient (Wildman–Crippen LogP) is 1.02. The Bertz CT molecular complexity index is 604. The maximum Gasteiger partial charge on any atom is 0.253 e. The van der Waals surface area contributed by atoms with Gasteiger partial charge in [0.05, 0.1) is 6.54 Å². The summed E-state index contributed by atoms with van der Waals surface area (Å²) in [6.07, 6.45) is 3.42. The number of benzene rings is 1. The van der Waals surface area contributed by atoms with Crippen molar-refractivity contribution in [3.8, 4) is 0 Å². The molecule has 2 amide bonds. The van der Waals surface area contributed by atoms with Crippen LogP contribution in [-0.4, -0.2) is 73.3 Å². The second kappa shape index (κ2) is 6.71. The highest BCUT2D eigenvalue weighted by Crippen LogP contribution is 2.23. The first-order valence-electron chi connectivity index (χ1n) is 8.38. The van der Waals surface area contributed by atoms with E-state index < -0.39 is 0 Å². The van der Waals surface area contributed by atoms with Gasteiger partial charge in [-0.1, -0.05) is 6.07 Å². The normalized spacial score (nSPS) is 17.5. The Labute approximate surface area is 137 Å². The van der Waals surface area contributed by atoms with Gasteiger partial charge in [-0.25, -0.2) is 0 Å². The SMILES string of the molecule is CN(C)CC(=O)N1CCN(C(=O)c2ccc3c(c2)CCC3)CC1. The van der Waals surface area contributed by atoms with Crippen molar-refractivity contribution in [3.63, 3.8) is 0 Å². The van der Waals surface area contributed by atoms with Crippen LogP contribution >= 0.6 is 0 Å². The van der Waals surface area contributed by atoms with Crippen molar-refractivity contribution in [2.45, 2.75) is 19.3 Å². The molecule has 1 fully saturated rings. The van der Waals surface area contributed by atoms with Crippen molar-refractivity contribution in [1.29, 1.82) is 0 Å². The molecule has 0 N–H and O–H groups in total. The molecule has 2 aliphatic rings. The van der Waals surface area contributed by atoms with Crippen LogP contribution in [0, 0.1) is 0 Å². The van der Waals surface area contributed by atoms with E-state index in [0.29, 0.717) is 32.7 Å². The molecule has 0 spiro atoms. The van der Waals surface area contributed by atoms with Gasteiger partial charge in [-0.3, -0.25) is 9.59 Å². The van der Waals surface area contributed by atoms with E-state index in [9.17, 15) is 9.59 Å². The van der Waals surface area contributed by atoms with E-state index in [1.807, 2.05) is 34.9 Å². The first kappa shape index (κ1) is 16.0. The summed E-state index contributed by atoms with van der Waals surface area (Å²) < 4.78 is 0. The van der Waals surface area contributed by atoms with E-state index in [0.717, 1.165) is 18.4 Å². The number of likely N-dealkylation sites (N-methyl/N-ethyl adjacent to an activating group) is 1. The van der Waals surface area contributed by atoms with E-state index in [1.165, 1.54) is 17.5 Å². The summed E-state index contributed by atoms with van der Waals surface area (Å²) in [5.41, 5.74) is 3.51. The topological polar surface area (TPSA) is 43.9 Å². The Kier molecular flexibility index (Phi) is 4.66. The molecule has 0 bridgehead atoms. The van der Waals surface area contributed by atoms with Crippen LogP contribution in [0.15, 0.2) is 18.2 Å². The minimum atomic E-state index is 0.0967. The first-order valence-corrected chi connectivity index (χ1v) is 8.38. The molecule has 1 aromatic rings. The lowest BCUT2D eigenvalue weighted by Gasteiger charge is -2.35. The molecular formula is C18H25N3O2. The van der Waals surface area contributed by atoms with Crippen molar-refractivity contribution >= 4 is 11.8 Å². The molecule has 0 saturated carbocycles. The molecule has 0 atom stereocenters. The third-order valence-corrected chi connectivity index (χ3v) is 4.72. The molecule has 5 nitrogen and oxygen atoms in total. The molecule has 5 heteroatoms. The molecular weight excluding hydrogens is 290 g/mol. The number of piperazine rings is 1. The van der Waals surface area contributed by atoms with Gasteiger partial charge in [-0.15, -0.1) is 0 Å². The van der Waals surface area contributed by atoms with E-state index in [2.05, 4.69) is 12.1 Å². The van der Waals surface area contributed by atoms with Crippen molar-refractivity contribution < 1.29 is 9.59 Å². The van der Waals surface area contributed by atoms with Gasteiger partial charge in [0.2, 0.25) is 5.91 Å². The second-order valence-corrected chi connectivity index (χ2v) is 6.75. The Morgan fingerprint density at radius 1 is 1.00 bits per heavy atom. The molecule has 124 valence electrons.